The first kappa shape index (κ1) is 16.6. The second-order valence-electron chi connectivity index (χ2n) is 4.70. The molecule has 0 atom stereocenters. The van der Waals surface area contributed by atoms with Gasteiger partial charge in [-0.3, -0.25) is 9.59 Å². The van der Waals surface area contributed by atoms with Gasteiger partial charge in [0, 0.05) is 35.4 Å². The number of rotatable bonds is 7. The van der Waals surface area contributed by atoms with Crippen LogP contribution in [0.5, 0.6) is 0 Å². The van der Waals surface area contributed by atoms with Crippen LogP contribution in [0.15, 0.2) is 40.3 Å². The first-order chi connectivity index (χ1) is 10.5. The van der Waals surface area contributed by atoms with Crippen LogP contribution in [0.4, 0.5) is 0 Å². The van der Waals surface area contributed by atoms with Crippen molar-refractivity contribution in [1.82, 2.24) is 9.88 Å². The van der Waals surface area contributed by atoms with E-state index in [4.69, 9.17) is 5.11 Å². The van der Waals surface area contributed by atoms with E-state index < -0.39 is 5.97 Å². The molecule has 5 nitrogen and oxygen atoms in total. The largest absolute Gasteiger partial charge is 0.480 e. The summed E-state index contributed by atoms with van der Waals surface area (Å²) >= 11 is 4.86. The number of hydrogen-bond donors (Lipinski definition) is 1. The van der Waals surface area contributed by atoms with Crippen LogP contribution in [0, 0.1) is 0 Å². The van der Waals surface area contributed by atoms with Crippen LogP contribution in [0.2, 0.25) is 0 Å². The van der Waals surface area contributed by atoms with Crippen molar-refractivity contribution in [2.24, 2.45) is 0 Å². The first-order valence-electron chi connectivity index (χ1n) is 6.67. The highest BCUT2D eigenvalue weighted by molar-refractivity contribution is 9.10. The van der Waals surface area contributed by atoms with Gasteiger partial charge in [-0.25, -0.2) is 4.98 Å². The maximum atomic E-state index is 12.3. The van der Waals surface area contributed by atoms with Crippen molar-refractivity contribution in [2.45, 2.75) is 19.4 Å². The minimum atomic E-state index is -1.02. The highest BCUT2D eigenvalue weighted by Gasteiger charge is 2.17. The van der Waals surface area contributed by atoms with Crippen molar-refractivity contribution >= 4 is 39.1 Å². The maximum absolute atomic E-state index is 12.3. The number of aromatic nitrogens is 1. The van der Waals surface area contributed by atoms with Gasteiger partial charge >= 0.3 is 5.97 Å². The zero-order valence-corrected chi connectivity index (χ0v) is 14.1. The Morgan fingerprint density at radius 3 is 2.82 bits per heavy atom. The summed E-state index contributed by atoms with van der Waals surface area (Å²) in [7, 11) is 0. The van der Waals surface area contributed by atoms with Gasteiger partial charge in [-0.15, -0.1) is 11.3 Å². The van der Waals surface area contributed by atoms with Crippen molar-refractivity contribution in [1.29, 1.82) is 0 Å². The van der Waals surface area contributed by atoms with Gasteiger partial charge < -0.3 is 10.0 Å². The van der Waals surface area contributed by atoms with Crippen LogP contribution in [0.25, 0.3) is 0 Å². The summed E-state index contributed by atoms with van der Waals surface area (Å²) in [5.41, 5.74) is 0.887. The lowest BCUT2D eigenvalue weighted by Crippen LogP contribution is -2.35. The summed E-state index contributed by atoms with van der Waals surface area (Å²) in [4.78, 5) is 28.8. The van der Waals surface area contributed by atoms with E-state index in [0.29, 0.717) is 6.42 Å². The lowest BCUT2D eigenvalue weighted by Gasteiger charge is -2.21. The van der Waals surface area contributed by atoms with Crippen LogP contribution in [0.3, 0.4) is 0 Å². The molecule has 1 aromatic carbocycles. The predicted molar refractivity (Wildman–Crippen MR) is 87.6 cm³/mol. The van der Waals surface area contributed by atoms with Crippen LogP contribution in [-0.4, -0.2) is 33.4 Å². The molecule has 2 aromatic rings. The number of aliphatic carboxylic acids is 1. The molecule has 0 aliphatic rings. The summed E-state index contributed by atoms with van der Waals surface area (Å²) in [6, 6.07) is 7.49. The Kier molecular flexibility index (Phi) is 6.09. The molecular formula is C15H15BrN2O3S. The Morgan fingerprint density at radius 1 is 1.36 bits per heavy atom. The molecule has 0 unspecified atom stereocenters. The van der Waals surface area contributed by atoms with Crippen LogP contribution in [0.1, 0.15) is 17.0 Å². The van der Waals surface area contributed by atoms with Crippen LogP contribution < -0.4 is 0 Å². The van der Waals surface area contributed by atoms with E-state index in [1.165, 1.54) is 16.2 Å². The third-order valence-electron chi connectivity index (χ3n) is 2.98. The Balaban J connectivity index is 2.01. The standard InChI is InChI=1S/C15H15BrN2O3S/c16-12-3-1-2-11(8-12)9-18(10-15(20)21)14(19)5-4-13-17-6-7-22-13/h1-3,6-8H,4-5,9-10H2,(H,20,21). The van der Waals surface area contributed by atoms with E-state index >= 15 is 0 Å². The molecule has 0 bridgehead atoms. The third kappa shape index (κ3) is 5.23. The van der Waals surface area contributed by atoms with E-state index in [1.54, 1.807) is 6.20 Å². The molecule has 1 aromatic heterocycles. The van der Waals surface area contributed by atoms with Crippen LogP contribution >= 0.6 is 27.3 Å². The van der Waals surface area contributed by atoms with Crippen molar-refractivity contribution < 1.29 is 14.7 Å². The molecule has 116 valence electrons. The summed E-state index contributed by atoms with van der Waals surface area (Å²) in [5.74, 6) is -1.20. The van der Waals surface area contributed by atoms with Gasteiger partial charge in [-0.2, -0.15) is 0 Å². The number of amides is 1. The molecule has 7 heteroatoms. The summed E-state index contributed by atoms with van der Waals surface area (Å²) in [5, 5.41) is 11.7. The quantitative estimate of drug-likeness (QED) is 0.798. The average molecular weight is 383 g/mol. The van der Waals surface area contributed by atoms with Gasteiger partial charge in [0.05, 0.1) is 5.01 Å². The van der Waals surface area contributed by atoms with Gasteiger partial charge in [0.25, 0.3) is 0 Å². The first-order valence-corrected chi connectivity index (χ1v) is 8.34. The van der Waals surface area contributed by atoms with Crippen molar-refractivity contribution in [2.75, 3.05) is 6.54 Å². The highest BCUT2D eigenvalue weighted by atomic mass is 79.9. The number of benzene rings is 1. The monoisotopic (exact) mass is 382 g/mol. The van der Waals surface area contributed by atoms with E-state index in [0.717, 1.165) is 15.0 Å². The molecule has 0 radical (unpaired) electrons. The molecule has 0 saturated heterocycles. The fourth-order valence-corrected chi connectivity index (χ4v) is 3.07. The van der Waals surface area contributed by atoms with E-state index in [1.807, 2.05) is 29.6 Å². The Hall–Kier alpha value is -1.73. The number of halogens is 1. The number of carbonyl (C=O) groups excluding carboxylic acids is 1. The second-order valence-corrected chi connectivity index (χ2v) is 6.59. The van der Waals surface area contributed by atoms with Crippen molar-refractivity contribution in [3.8, 4) is 0 Å². The molecule has 0 saturated carbocycles. The Labute approximate surface area is 140 Å². The van der Waals surface area contributed by atoms with E-state index in [2.05, 4.69) is 20.9 Å². The van der Waals surface area contributed by atoms with Gasteiger partial charge in [0.15, 0.2) is 0 Å². The molecule has 0 fully saturated rings. The number of carbonyl (C=O) groups is 2. The number of carboxylic acids is 1. The number of thiazole rings is 1. The molecule has 0 aliphatic carbocycles. The van der Waals surface area contributed by atoms with Gasteiger partial charge in [0.2, 0.25) is 5.91 Å². The lowest BCUT2D eigenvalue weighted by atomic mass is 10.2. The fraction of sp³-hybridized carbons (Fsp3) is 0.267. The predicted octanol–water partition coefficient (Wildman–Crippen LogP) is 2.95. The summed E-state index contributed by atoms with van der Waals surface area (Å²) < 4.78 is 0.899. The number of nitrogens with zero attached hydrogens (tertiary/aromatic N) is 2. The maximum Gasteiger partial charge on any atom is 0.323 e. The van der Waals surface area contributed by atoms with Crippen molar-refractivity contribution in [3.05, 3.63) is 50.9 Å². The molecule has 0 aliphatic heterocycles. The average Bonchev–Trinajstić information content (AvgIpc) is 2.97. The van der Waals surface area contributed by atoms with Crippen molar-refractivity contribution in [3.63, 3.8) is 0 Å². The molecule has 1 amide bonds. The molecule has 0 spiro atoms. The molecule has 22 heavy (non-hydrogen) atoms. The minimum absolute atomic E-state index is 0.183. The smallest absolute Gasteiger partial charge is 0.323 e. The summed E-state index contributed by atoms with van der Waals surface area (Å²) in [6.07, 6.45) is 2.49. The second kappa shape index (κ2) is 8.05. The molecule has 2 rings (SSSR count). The molecule has 1 heterocycles. The van der Waals surface area contributed by atoms with Gasteiger partial charge in [0.1, 0.15) is 6.54 Å². The topological polar surface area (TPSA) is 70.5 Å². The number of aryl methyl sites for hydroxylation is 1. The fourth-order valence-electron chi connectivity index (χ4n) is 2.00. The summed E-state index contributed by atoms with van der Waals surface area (Å²) in [6.45, 7) is -0.0222. The number of hydrogen-bond acceptors (Lipinski definition) is 4. The van der Waals surface area contributed by atoms with E-state index in [-0.39, 0.29) is 25.4 Å². The Morgan fingerprint density at radius 2 is 2.18 bits per heavy atom. The normalized spacial score (nSPS) is 10.4. The zero-order valence-electron chi connectivity index (χ0n) is 11.7. The van der Waals surface area contributed by atoms with Gasteiger partial charge in [-0.1, -0.05) is 28.1 Å². The minimum Gasteiger partial charge on any atom is -0.480 e. The lowest BCUT2D eigenvalue weighted by molar-refractivity contribution is -0.144. The number of carboxylic acid groups (broad SMARTS) is 1. The molecular weight excluding hydrogens is 368 g/mol. The van der Waals surface area contributed by atoms with E-state index in [9.17, 15) is 9.59 Å². The van der Waals surface area contributed by atoms with Gasteiger partial charge in [-0.05, 0) is 17.7 Å². The highest BCUT2D eigenvalue weighted by Crippen LogP contribution is 2.15. The Bertz CT molecular complexity index is 646. The molecule has 1 N–H and O–H groups in total. The van der Waals surface area contributed by atoms with Crippen LogP contribution in [-0.2, 0) is 22.6 Å². The third-order valence-corrected chi connectivity index (χ3v) is 4.31. The zero-order chi connectivity index (χ0) is 15.9. The SMILES string of the molecule is O=C(O)CN(Cc1cccc(Br)c1)C(=O)CCc1nccs1.